The van der Waals surface area contributed by atoms with Gasteiger partial charge < -0.3 is 47.7 Å². The van der Waals surface area contributed by atoms with Crippen molar-refractivity contribution < 1.29 is 62.6 Å². The molecule has 1 aromatic heterocycles. The molecule has 3 heterocycles. The van der Waals surface area contributed by atoms with Crippen LogP contribution in [0.3, 0.4) is 0 Å². The first-order chi connectivity index (χ1) is 17.6. The number of anilines is 1. The van der Waals surface area contributed by atoms with Gasteiger partial charge in [0.2, 0.25) is 5.91 Å². The number of ether oxygens (including phenoxy) is 1. The minimum Gasteiger partial charge on any atom is 1.00 e. The van der Waals surface area contributed by atoms with Gasteiger partial charge in [-0.3, -0.25) is 4.79 Å². The molecule has 1 fully saturated rings. The third kappa shape index (κ3) is 15.1. The molecule has 2 aliphatic rings. The van der Waals surface area contributed by atoms with Gasteiger partial charge in [-0.05, 0) is 39.4 Å². The second-order valence-electron chi connectivity index (χ2n) is 8.86. The van der Waals surface area contributed by atoms with Crippen LogP contribution in [0.4, 0.5) is 10.6 Å². The molecule has 0 spiro atoms. The van der Waals surface area contributed by atoms with Crippen molar-refractivity contribution in [2.45, 2.75) is 79.4 Å². The molecule has 2 amide bonds. The van der Waals surface area contributed by atoms with Gasteiger partial charge in [0, 0.05) is 38.9 Å². The average molecular weight is 629 g/mol. The molecule has 212 valence electrons. The van der Waals surface area contributed by atoms with Crippen LogP contribution in [0.15, 0.2) is 12.4 Å². The van der Waals surface area contributed by atoms with E-state index in [1.54, 1.807) is 11.8 Å². The first-order valence-corrected chi connectivity index (χ1v) is 13.6. The van der Waals surface area contributed by atoms with Crippen molar-refractivity contribution >= 4 is 28.5 Å². The minimum atomic E-state index is -0.510. The maximum absolute atomic E-state index is 12.0. The van der Waals surface area contributed by atoms with Crippen LogP contribution in [0.5, 0.6) is 0 Å². The van der Waals surface area contributed by atoms with Crippen LogP contribution in [0.25, 0.3) is 5.70 Å². The Morgan fingerprint density at radius 1 is 1.32 bits per heavy atom. The summed E-state index contributed by atoms with van der Waals surface area (Å²) >= 11 is 2.50. The largest absolute Gasteiger partial charge is 1.00 e. The van der Waals surface area contributed by atoms with Gasteiger partial charge in [0.15, 0.2) is 0 Å². The van der Waals surface area contributed by atoms with Crippen LogP contribution >= 0.6 is 0 Å². The Hall–Kier alpha value is -1.57. The van der Waals surface area contributed by atoms with E-state index in [2.05, 4.69) is 62.3 Å². The Balaban J connectivity index is 0. The number of nitrogens with two attached hydrogens (primary N) is 1. The third-order valence-electron chi connectivity index (χ3n) is 4.91. The fourth-order valence-electron chi connectivity index (χ4n) is 3.43. The summed E-state index contributed by atoms with van der Waals surface area (Å²) in [5.41, 5.74) is 6.97. The standard InChI is InChI=1S/C18H27N5O2.C6H8NO.C2H6.CH2.Na.Pd/c1-5-7-15(14-10-20-12-21-16(14)19)23-9-6-8-13(11-23)22-17(24)25-18(2,3)4;1-6(8)7-4-2-3-5-7;1-2;;;/h12-13H,5-6,8-9,11H2,1-4H3,(H,22,24)(H2,19,20,21);2H,4-5H2,1H3;1-2H3;1H2;;/q-2;-1;;;+1;. The van der Waals surface area contributed by atoms with Crippen molar-refractivity contribution in [2.24, 2.45) is 0 Å². The van der Waals surface area contributed by atoms with Gasteiger partial charge >= 0.3 is 59.4 Å². The maximum atomic E-state index is 12.0. The van der Waals surface area contributed by atoms with Crippen LogP contribution in [0, 0.1) is 18.3 Å². The first-order valence-electron chi connectivity index (χ1n) is 12.5. The van der Waals surface area contributed by atoms with E-state index >= 15 is 0 Å². The molecule has 11 heteroatoms. The van der Waals surface area contributed by atoms with Crippen molar-refractivity contribution in [1.29, 1.82) is 0 Å². The first kappa shape index (κ1) is 38.6. The molecule has 1 aromatic rings. The van der Waals surface area contributed by atoms with Crippen LogP contribution in [0.2, 0.25) is 0 Å². The molecule has 0 radical (unpaired) electrons. The summed E-state index contributed by atoms with van der Waals surface area (Å²) in [5, 5.41) is 2.95. The maximum Gasteiger partial charge on any atom is 1.00 e. The zero-order valence-corrected chi connectivity index (χ0v) is 27.9. The normalized spacial score (nSPS) is 16.3. The van der Waals surface area contributed by atoms with Gasteiger partial charge in [0.1, 0.15) is 5.60 Å². The zero-order valence-electron chi connectivity index (χ0n) is 24.3. The summed E-state index contributed by atoms with van der Waals surface area (Å²) < 4.78 is 5.35. The van der Waals surface area contributed by atoms with Gasteiger partial charge in [0.25, 0.3) is 0 Å². The van der Waals surface area contributed by atoms with Crippen molar-refractivity contribution in [1.82, 2.24) is 25.1 Å². The van der Waals surface area contributed by atoms with Crippen LogP contribution in [-0.4, -0.2) is 74.6 Å². The molecule has 0 bridgehead atoms. The van der Waals surface area contributed by atoms with E-state index < -0.39 is 11.7 Å². The Kier molecular flexibility index (Phi) is 21.6. The number of nitrogens with one attached hydrogen (secondary N) is 1. The fraction of sp³-hybridized carbons (Fsp3) is 0.593. The monoisotopic (exact) mass is 628 g/mol. The Bertz CT molecular complexity index is 884. The number of hydrogen-bond acceptors (Lipinski definition) is 7. The number of aromatic nitrogens is 2. The summed E-state index contributed by atoms with van der Waals surface area (Å²) in [7, 11) is 0. The molecule has 3 rings (SSSR count). The fourth-order valence-corrected chi connectivity index (χ4v) is 3.43. The summed E-state index contributed by atoms with van der Waals surface area (Å²) in [6, 6.07) is 0.00288. The second kappa shape index (κ2) is 21.3. The van der Waals surface area contributed by atoms with Gasteiger partial charge in [-0.2, -0.15) is 0 Å². The Labute approximate surface area is 262 Å². The molecule has 2 aliphatic heterocycles. The predicted molar refractivity (Wildman–Crippen MR) is 145 cm³/mol. The molecule has 1 unspecified atom stereocenters. The SMILES string of the molecule is CC.CC(=O)N1C[C-]=CC1.CC[C-]=C(c1[c-]ncnc1N)N1CCCC(NC(=O)OC(C)(C)C)C1.[CH2]=[Pd].[Na+]. The van der Waals surface area contributed by atoms with Crippen LogP contribution in [-0.2, 0) is 28.3 Å². The molecule has 1 saturated heterocycles. The molecular formula is C27H43N6NaO3Pd-2. The van der Waals surface area contributed by atoms with E-state index in [-0.39, 0.29) is 41.5 Å². The number of likely N-dealkylation sites (tertiary alicyclic amines) is 1. The van der Waals surface area contributed by atoms with E-state index in [0.29, 0.717) is 24.5 Å². The van der Waals surface area contributed by atoms with Gasteiger partial charge in [0.05, 0.1) is 0 Å². The number of hydrogen-bond donors (Lipinski definition) is 2. The van der Waals surface area contributed by atoms with Crippen molar-refractivity contribution in [3.63, 3.8) is 0 Å². The molecule has 0 aliphatic carbocycles. The van der Waals surface area contributed by atoms with Gasteiger partial charge in [-0.25, -0.2) is 22.1 Å². The molecule has 38 heavy (non-hydrogen) atoms. The molecular weight excluding hydrogens is 586 g/mol. The smallest absolute Gasteiger partial charge is 1.00 e. The minimum absolute atomic E-state index is 0. The summed E-state index contributed by atoms with van der Waals surface area (Å²) in [6.45, 7) is 16.1. The average Bonchev–Trinajstić information content (AvgIpc) is 3.41. The molecule has 9 nitrogen and oxygen atoms in total. The summed E-state index contributed by atoms with van der Waals surface area (Å²) in [4.78, 5) is 37.5. The van der Waals surface area contributed by atoms with E-state index in [0.717, 1.165) is 38.0 Å². The second-order valence-corrected chi connectivity index (χ2v) is 8.86. The van der Waals surface area contributed by atoms with Crippen LogP contribution in [0.1, 0.15) is 73.3 Å². The molecule has 3 N–H and O–H groups in total. The number of rotatable bonds is 4. The number of nitrogen functional groups attached to an aromatic ring is 1. The number of amides is 2. The Morgan fingerprint density at radius 2 is 1.97 bits per heavy atom. The predicted octanol–water partition coefficient (Wildman–Crippen LogP) is 0.605. The number of alkyl carbamates (subject to hydrolysis) is 1. The van der Waals surface area contributed by atoms with E-state index in [1.165, 1.54) is 6.33 Å². The van der Waals surface area contributed by atoms with E-state index in [1.807, 2.05) is 47.6 Å². The zero-order chi connectivity index (χ0) is 28.4. The number of piperidine rings is 1. The number of carbonyl (C=O) groups is 2. The Morgan fingerprint density at radius 3 is 2.45 bits per heavy atom. The van der Waals surface area contributed by atoms with E-state index in [4.69, 9.17) is 10.5 Å². The number of carbonyl (C=O) groups excluding carboxylic acids is 2. The van der Waals surface area contributed by atoms with Crippen LogP contribution < -0.4 is 40.6 Å². The van der Waals surface area contributed by atoms with Gasteiger partial charge in [-0.1, -0.05) is 20.8 Å². The van der Waals surface area contributed by atoms with Crippen molar-refractivity contribution in [3.05, 3.63) is 36.3 Å². The van der Waals surface area contributed by atoms with E-state index in [9.17, 15) is 9.59 Å². The van der Waals surface area contributed by atoms with Gasteiger partial charge in [-0.15, -0.1) is 19.2 Å². The summed E-state index contributed by atoms with van der Waals surface area (Å²) in [5.74, 6) is 0.513. The van der Waals surface area contributed by atoms with Crippen molar-refractivity contribution in [2.75, 3.05) is 31.9 Å². The molecule has 0 aromatic carbocycles. The topological polar surface area (TPSA) is 114 Å². The third-order valence-corrected chi connectivity index (χ3v) is 4.91. The molecule has 1 atom stereocenters. The number of nitrogens with zero attached hydrogens (tertiary/aromatic N) is 4. The number of allylic oxidation sites excluding steroid dienone is 1. The summed E-state index contributed by atoms with van der Waals surface area (Å²) in [6.07, 6.45) is 14.6. The quantitative estimate of drug-likeness (QED) is 0.371. The van der Waals surface area contributed by atoms with Crippen molar-refractivity contribution in [3.8, 4) is 0 Å². The molecule has 0 saturated carbocycles.